The van der Waals surface area contributed by atoms with E-state index in [1.165, 1.54) is 11.9 Å². The number of rotatable bonds is 11. The lowest BCUT2D eigenvalue weighted by Crippen LogP contribution is -2.42. The lowest BCUT2D eigenvalue weighted by molar-refractivity contribution is -0.121. The molecule has 0 atom stereocenters. The van der Waals surface area contributed by atoms with Crippen molar-refractivity contribution in [3.05, 3.63) is 47.8 Å². The average molecular weight is 499 g/mol. The van der Waals surface area contributed by atoms with Gasteiger partial charge in [-0.2, -0.15) is 0 Å². The molecule has 1 aliphatic carbocycles. The number of anilines is 3. The highest BCUT2D eigenvalue weighted by atomic mass is 32.2. The van der Waals surface area contributed by atoms with Crippen LogP contribution in [0.1, 0.15) is 50.8 Å². The van der Waals surface area contributed by atoms with E-state index in [1.807, 2.05) is 24.6 Å². The molecule has 7 nitrogen and oxygen atoms in total. The normalized spacial score (nSPS) is 17.3. The fraction of sp³-hybridized carbons (Fsp3) is 0.556. The molecule has 1 aliphatic heterocycles. The molecule has 1 saturated carbocycles. The molecule has 0 spiro atoms. The molecule has 1 aromatic carbocycles. The summed E-state index contributed by atoms with van der Waals surface area (Å²) in [6.45, 7) is 7.56. The van der Waals surface area contributed by atoms with Crippen LogP contribution in [-0.2, 0) is 26.3 Å². The minimum absolute atomic E-state index is 0.0951. The summed E-state index contributed by atoms with van der Waals surface area (Å²) in [6.07, 6.45) is 7.52. The van der Waals surface area contributed by atoms with E-state index in [2.05, 4.69) is 52.0 Å². The Bertz CT molecular complexity index is 988. The van der Waals surface area contributed by atoms with Crippen LogP contribution in [0.3, 0.4) is 0 Å². The molecule has 2 aromatic rings. The number of nitrogens with zero attached hydrogens (tertiary/aromatic N) is 2. The smallest absolute Gasteiger partial charge is 0.240 e. The van der Waals surface area contributed by atoms with Crippen molar-refractivity contribution in [2.45, 2.75) is 57.6 Å². The Balaban J connectivity index is 1.72. The van der Waals surface area contributed by atoms with Crippen molar-refractivity contribution < 1.29 is 14.3 Å². The van der Waals surface area contributed by atoms with Gasteiger partial charge in [-0.3, -0.25) is 14.5 Å². The Morgan fingerprint density at radius 1 is 1.26 bits per heavy atom. The van der Waals surface area contributed by atoms with Gasteiger partial charge in [-0.25, -0.2) is 0 Å². The summed E-state index contributed by atoms with van der Waals surface area (Å²) in [5.74, 6) is 0.611. The van der Waals surface area contributed by atoms with Crippen LogP contribution < -0.4 is 14.9 Å². The Morgan fingerprint density at radius 2 is 2.03 bits per heavy atom. The molecule has 2 N–H and O–H groups in total. The van der Waals surface area contributed by atoms with Gasteiger partial charge >= 0.3 is 0 Å². The molecule has 8 heteroatoms. The van der Waals surface area contributed by atoms with Gasteiger partial charge in [-0.05, 0) is 61.4 Å². The number of ether oxygens (including phenoxy) is 2. The summed E-state index contributed by atoms with van der Waals surface area (Å²) in [4.78, 5) is 20.0. The van der Waals surface area contributed by atoms with Crippen molar-refractivity contribution in [3.8, 4) is 0 Å². The molecule has 2 fully saturated rings. The van der Waals surface area contributed by atoms with Crippen LogP contribution in [0.25, 0.3) is 0 Å². The van der Waals surface area contributed by atoms with Gasteiger partial charge in [0.25, 0.3) is 0 Å². The number of pyridine rings is 1. The van der Waals surface area contributed by atoms with Crippen LogP contribution in [0.4, 0.5) is 17.1 Å². The number of nitrogens with one attached hydrogen (secondary N) is 2. The van der Waals surface area contributed by atoms with Gasteiger partial charge < -0.3 is 19.7 Å². The maximum atomic E-state index is 12.9. The summed E-state index contributed by atoms with van der Waals surface area (Å²) in [7, 11) is 1.67. The molecule has 0 unspecified atom stereocenters. The molecule has 190 valence electrons. The number of methoxy groups -OCH3 is 1. The summed E-state index contributed by atoms with van der Waals surface area (Å²) >= 11 is 1.36. The van der Waals surface area contributed by atoms with Crippen molar-refractivity contribution in [3.63, 3.8) is 0 Å². The monoisotopic (exact) mass is 498 g/mol. The predicted octanol–water partition coefficient (Wildman–Crippen LogP) is 5.04. The van der Waals surface area contributed by atoms with Crippen molar-refractivity contribution in [1.82, 2.24) is 9.71 Å². The molecule has 4 rings (SSSR count). The minimum atomic E-state index is -0.430. The van der Waals surface area contributed by atoms with Gasteiger partial charge in [0.15, 0.2) is 0 Å². The largest absolute Gasteiger partial charge is 0.381 e. The Kier molecular flexibility index (Phi) is 8.57. The van der Waals surface area contributed by atoms with Gasteiger partial charge in [0.05, 0.1) is 41.0 Å². The molecular formula is C27H38N4O3S. The zero-order chi connectivity index (χ0) is 24.8. The first-order valence-electron chi connectivity index (χ1n) is 12.5. The van der Waals surface area contributed by atoms with Crippen molar-refractivity contribution in [2.24, 2.45) is 5.92 Å². The van der Waals surface area contributed by atoms with Crippen LogP contribution in [0.15, 0.2) is 36.5 Å². The number of hydrogen-bond donors (Lipinski definition) is 2. The number of amides is 1. The molecule has 0 bridgehead atoms. The number of carbonyl (C=O) groups excluding carboxylic acids is 1. The lowest BCUT2D eigenvalue weighted by atomic mass is 9.93. The van der Waals surface area contributed by atoms with Gasteiger partial charge in [0, 0.05) is 39.2 Å². The highest BCUT2D eigenvalue weighted by molar-refractivity contribution is 7.97. The summed E-state index contributed by atoms with van der Waals surface area (Å²) in [5, 5.41) is 3.63. The van der Waals surface area contributed by atoms with Crippen LogP contribution in [-0.4, -0.2) is 50.1 Å². The highest BCUT2D eigenvalue weighted by Gasteiger charge is 2.51. The molecule has 0 radical (unpaired) electrons. The number of carbonyl (C=O) groups is 1. The molecule has 35 heavy (non-hydrogen) atoms. The highest BCUT2D eigenvalue weighted by Crippen LogP contribution is 2.50. The van der Waals surface area contributed by atoms with Crippen LogP contribution >= 0.6 is 11.9 Å². The Morgan fingerprint density at radius 3 is 2.63 bits per heavy atom. The third-order valence-corrected chi connectivity index (χ3v) is 7.22. The van der Waals surface area contributed by atoms with Crippen LogP contribution in [0.5, 0.6) is 0 Å². The van der Waals surface area contributed by atoms with E-state index in [0.717, 1.165) is 73.8 Å². The number of hydrogen-bond acceptors (Lipinski definition) is 7. The lowest BCUT2D eigenvalue weighted by Gasteiger charge is -2.38. The van der Waals surface area contributed by atoms with E-state index in [4.69, 9.17) is 9.47 Å². The third kappa shape index (κ3) is 6.11. The van der Waals surface area contributed by atoms with Crippen LogP contribution in [0.2, 0.25) is 0 Å². The predicted molar refractivity (Wildman–Crippen MR) is 143 cm³/mol. The van der Waals surface area contributed by atoms with E-state index in [0.29, 0.717) is 18.6 Å². The zero-order valence-electron chi connectivity index (χ0n) is 21.3. The average Bonchev–Trinajstić information content (AvgIpc) is 3.67. The van der Waals surface area contributed by atoms with Gasteiger partial charge in [-0.15, -0.1) is 0 Å². The number of benzene rings is 1. The fourth-order valence-electron chi connectivity index (χ4n) is 4.87. The van der Waals surface area contributed by atoms with E-state index in [-0.39, 0.29) is 5.91 Å². The first kappa shape index (κ1) is 25.8. The second kappa shape index (κ2) is 11.6. The van der Waals surface area contributed by atoms with E-state index in [1.54, 1.807) is 7.11 Å². The van der Waals surface area contributed by atoms with Gasteiger partial charge in [0.2, 0.25) is 5.91 Å². The van der Waals surface area contributed by atoms with Gasteiger partial charge in [0.1, 0.15) is 0 Å². The number of aromatic nitrogens is 1. The first-order valence-corrected chi connectivity index (χ1v) is 13.7. The second-order valence-corrected chi connectivity index (χ2v) is 10.5. The SMILES string of the molecule is COCc1ccc(Nc2cc(C3(C(=O)NSC)CC3)ccc2N(CC(C)C)C2CCOCC2)cn1. The second-order valence-electron chi connectivity index (χ2n) is 9.94. The minimum Gasteiger partial charge on any atom is -0.381 e. The zero-order valence-corrected chi connectivity index (χ0v) is 22.1. The summed E-state index contributed by atoms with van der Waals surface area (Å²) < 4.78 is 13.8. The van der Waals surface area contributed by atoms with E-state index in [9.17, 15) is 4.79 Å². The van der Waals surface area contributed by atoms with Crippen molar-refractivity contribution >= 4 is 34.9 Å². The van der Waals surface area contributed by atoms with Crippen molar-refractivity contribution in [2.75, 3.05) is 43.3 Å². The van der Waals surface area contributed by atoms with E-state index < -0.39 is 5.41 Å². The summed E-state index contributed by atoms with van der Waals surface area (Å²) in [6, 6.07) is 11.0. The Labute approximate surface area is 213 Å². The summed E-state index contributed by atoms with van der Waals surface area (Å²) in [5.41, 5.74) is 4.62. The quantitative estimate of drug-likeness (QED) is 0.421. The molecule has 1 amide bonds. The molecule has 1 aromatic heterocycles. The molecule has 2 aliphatic rings. The molecular weight excluding hydrogens is 460 g/mol. The topological polar surface area (TPSA) is 75.7 Å². The molecule has 2 heterocycles. The van der Waals surface area contributed by atoms with Gasteiger partial charge in [-0.1, -0.05) is 31.9 Å². The third-order valence-electron chi connectivity index (χ3n) is 6.83. The maximum Gasteiger partial charge on any atom is 0.240 e. The fourth-order valence-corrected chi connectivity index (χ4v) is 5.25. The standard InChI is InChI=1S/C27H38N4O3S/c1-19(2)17-31(23-9-13-34-14-10-23)25-8-5-20(27(11-12-27)26(32)30-35-4)15-24(25)29-21-6-7-22(18-33-3)28-16-21/h5-8,15-16,19,23,29H,9-14,17-18H2,1-4H3,(H,30,32). The first-order chi connectivity index (χ1) is 17.0. The van der Waals surface area contributed by atoms with E-state index >= 15 is 0 Å². The Hall–Kier alpha value is -2.29. The maximum absolute atomic E-state index is 12.9. The van der Waals surface area contributed by atoms with Crippen molar-refractivity contribution in [1.29, 1.82) is 0 Å². The molecule has 1 saturated heterocycles. The van der Waals surface area contributed by atoms with Crippen LogP contribution in [0, 0.1) is 5.92 Å².